The van der Waals surface area contributed by atoms with Gasteiger partial charge in [-0.05, 0) is 80.6 Å². The number of carbonyl (C=O) groups excluding carboxylic acids is 4. The minimum Gasteiger partial charge on any atom is -0.488 e. The van der Waals surface area contributed by atoms with Crippen LogP contribution in [0.5, 0.6) is 5.75 Å². The topological polar surface area (TPSA) is 163 Å². The highest BCUT2D eigenvalue weighted by Crippen LogP contribution is 2.27. The molecule has 4 aromatic rings. The molecule has 5 rings (SSSR count). The summed E-state index contributed by atoms with van der Waals surface area (Å²) in [6.45, 7) is 6.74. The molecule has 0 aromatic heterocycles. The first-order valence-corrected chi connectivity index (χ1v) is 18.2. The van der Waals surface area contributed by atoms with Gasteiger partial charge >= 0.3 is 0 Å². The number of primary amides is 1. The Kier molecular flexibility index (Phi) is 13.2. The van der Waals surface area contributed by atoms with Crippen molar-refractivity contribution in [2.24, 2.45) is 5.73 Å². The number of hydrogen-bond donors (Lipinski definition) is 5. The molecule has 11 heteroatoms. The van der Waals surface area contributed by atoms with E-state index in [-0.39, 0.29) is 31.0 Å². The standard InChI is InChI=1S/C42H51N5O6/c1-42(2,3)46-41(52)35-20-12-13-21-47(35)26-36(48)33(22-28-14-6-4-7-15-28)44-40(51)34(25-38(43)49)45-39(50)32-23-30-18-10-11-19-31(30)24-37(32)53-27-29-16-8-5-9-17-29/h4-11,14-19,23-24,33-36,48H,12-13,20-22,25-27H2,1-3H3,(H2,43,49)(H,44,51)(H,45,50)(H,46,52)/t33-,34-,35-,36+/m0/s1. The number of aliphatic hydroxyl groups is 1. The Hall–Kier alpha value is -5.26. The molecule has 4 aromatic carbocycles. The first kappa shape index (κ1) is 39.0. The van der Waals surface area contributed by atoms with Crippen molar-refractivity contribution in [3.8, 4) is 5.75 Å². The van der Waals surface area contributed by atoms with Crippen LogP contribution in [-0.4, -0.2) is 76.5 Å². The van der Waals surface area contributed by atoms with Gasteiger partial charge in [0.1, 0.15) is 18.4 Å². The van der Waals surface area contributed by atoms with Crippen LogP contribution in [0, 0.1) is 0 Å². The smallest absolute Gasteiger partial charge is 0.255 e. The zero-order chi connectivity index (χ0) is 38.0. The monoisotopic (exact) mass is 721 g/mol. The summed E-state index contributed by atoms with van der Waals surface area (Å²) < 4.78 is 6.14. The van der Waals surface area contributed by atoms with E-state index in [0.717, 1.165) is 34.7 Å². The van der Waals surface area contributed by atoms with Gasteiger partial charge in [-0.2, -0.15) is 0 Å². The second-order valence-electron chi connectivity index (χ2n) is 14.8. The average molecular weight is 722 g/mol. The van der Waals surface area contributed by atoms with E-state index >= 15 is 0 Å². The Morgan fingerprint density at radius 1 is 0.868 bits per heavy atom. The maximum absolute atomic E-state index is 14.0. The molecule has 1 fully saturated rings. The summed E-state index contributed by atoms with van der Waals surface area (Å²) in [5, 5.41) is 22.1. The Bertz CT molecular complexity index is 1860. The van der Waals surface area contributed by atoms with Crippen LogP contribution in [-0.2, 0) is 27.4 Å². The van der Waals surface area contributed by atoms with Gasteiger partial charge in [-0.25, -0.2) is 0 Å². The zero-order valence-electron chi connectivity index (χ0n) is 30.7. The predicted octanol–water partition coefficient (Wildman–Crippen LogP) is 4.25. The lowest BCUT2D eigenvalue weighted by molar-refractivity contribution is -0.131. The van der Waals surface area contributed by atoms with Crippen molar-refractivity contribution in [1.82, 2.24) is 20.9 Å². The number of hydrogen-bond acceptors (Lipinski definition) is 7. The molecule has 1 aliphatic rings. The fraction of sp³-hybridized carbons (Fsp3) is 0.381. The van der Waals surface area contributed by atoms with Crippen molar-refractivity contribution in [2.75, 3.05) is 13.1 Å². The number of likely N-dealkylation sites (tertiary alicyclic amines) is 1. The average Bonchev–Trinajstić information content (AvgIpc) is 3.13. The number of β-amino-alcohol motifs (C(OH)–C–C–N with tert-alkyl or cyclic N) is 1. The van der Waals surface area contributed by atoms with Crippen LogP contribution in [0.25, 0.3) is 10.8 Å². The third kappa shape index (κ3) is 11.4. The first-order chi connectivity index (χ1) is 25.4. The molecule has 0 unspecified atom stereocenters. The molecule has 4 amide bonds. The Balaban J connectivity index is 1.37. The summed E-state index contributed by atoms with van der Waals surface area (Å²) in [6.07, 6.45) is 1.12. The van der Waals surface area contributed by atoms with Crippen molar-refractivity contribution >= 4 is 34.4 Å². The van der Waals surface area contributed by atoms with Gasteiger partial charge in [0.15, 0.2) is 0 Å². The van der Waals surface area contributed by atoms with Gasteiger partial charge in [0.25, 0.3) is 5.91 Å². The molecule has 1 heterocycles. The lowest BCUT2D eigenvalue weighted by Gasteiger charge is -2.39. The van der Waals surface area contributed by atoms with Crippen molar-refractivity contribution in [3.05, 3.63) is 114 Å². The van der Waals surface area contributed by atoms with Crippen molar-refractivity contribution in [3.63, 3.8) is 0 Å². The zero-order valence-corrected chi connectivity index (χ0v) is 30.7. The number of fused-ring (bicyclic) bond motifs is 1. The number of rotatable bonds is 15. The third-order valence-electron chi connectivity index (χ3n) is 9.28. The van der Waals surface area contributed by atoms with Crippen molar-refractivity contribution in [2.45, 2.75) is 89.3 Å². The SMILES string of the molecule is CC(C)(C)NC(=O)[C@@H]1CCCCN1C[C@@H](O)[C@H](Cc1ccccc1)NC(=O)[C@H](CC(N)=O)NC(=O)c1cc2ccccc2cc1OCc1ccccc1. The number of carbonyl (C=O) groups is 4. The molecule has 1 saturated heterocycles. The van der Waals surface area contributed by atoms with E-state index in [9.17, 15) is 24.3 Å². The Morgan fingerprint density at radius 3 is 2.13 bits per heavy atom. The number of nitrogens with two attached hydrogens (primary N) is 1. The maximum Gasteiger partial charge on any atom is 0.255 e. The molecule has 0 spiro atoms. The summed E-state index contributed by atoms with van der Waals surface area (Å²) in [4.78, 5) is 55.5. The number of benzene rings is 4. The third-order valence-corrected chi connectivity index (χ3v) is 9.28. The number of amides is 4. The highest BCUT2D eigenvalue weighted by atomic mass is 16.5. The molecule has 0 bridgehead atoms. The quantitative estimate of drug-likeness (QED) is 0.123. The van der Waals surface area contributed by atoms with Crippen LogP contribution >= 0.6 is 0 Å². The van der Waals surface area contributed by atoms with Crippen LogP contribution in [0.4, 0.5) is 0 Å². The van der Waals surface area contributed by atoms with Gasteiger partial charge in [0.05, 0.1) is 30.2 Å². The normalized spacial score (nSPS) is 16.6. The number of nitrogens with one attached hydrogen (secondary N) is 3. The lowest BCUT2D eigenvalue weighted by atomic mass is 9.96. The Labute approximate surface area is 311 Å². The van der Waals surface area contributed by atoms with Crippen LogP contribution in [0.2, 0.25) is 0 Å². The molecule has 0 aliphatic carbocycles. The number of nitrogens with zero attached hydrogens (tertiary/aromatic N) is 1. The second kappa shape index (κ2) is 18.0. The van der Waals surface area contributed by atoms with Crippen molar-refractivity contribution in [1.29, 1.82) is 0 Å². The lowest BCUT2D eigenvalue weighted by Crippen LogP contribution is -2.59. The van der Waals surface area contributed by atoms with Crippen LogP contribution in [0.3, 0.4) is 0 Å². The molecule has 0 saturated carbocycles. The van der Waals surface area contributed by atoms with E-state index in [1.807, 2.05) is 111 Å². The fourth-order valence-electron chi connectivity index (χ4n) is 6.66. The maximum atomic E-state index is 14.0. The molecule has 6 N–H and O–H groups in total. The van der Waals surface area contributed by atoms with Crippen LogP contribution in [0.15, 0.2) is 97.1 Å². The molecular formula is C42H51N5O6. The van der Waals surface area contributed by atoms with Crippen LogP contribution in [0.1, 0.15) is 67.9 Å². The van der Waals surface area contributed by atoms with E-state index in [0.29, 0.717) is 18.7 Å². The van der Waals surface area contributed by atoms with Gasteiger partial charge in [-0.15, -0.1) is 0 Å². The summed E-state index contributed by atoms with van der Waals surface area (Å²) in [5.74, 6) is -1.87. The highest BCUT2D eigenvalue weighted by Gasteiger charge is 2.35. The highest BCUT2D eigenvalue weighted by molar-refractivity contribution is 6.04. The van der Waals surface area contributed by atoms with Gasteiger partial charge in [-0.1, -0.05) is 91.3 Å². The molecule has 280 valence electrons. The van der Waals surface area contributed by atoms with Gasteiger partial charge in [0.2, 0.25) is 17.7 Å². The minimum absolute atomic E-state index is 0.0990. The first-order valence-electron chi connectivity index (χ1n) is 18.2. The fourth-order valence-corrected chi connectivity index (χ4v) is 6.66. The molecule has 53 heavy (non-hydrogen) atoms. The second-order valence-corrected chi connectivity index (χ2v) is 14.8. The van der Waals surface area contributed by atoms with Crippen LogP contribution < -0.4 is 26.4 Å². The van der Waals surface area contributed by atoms with E-state index in [1.54, 1.807) is 12.1 Å². The van der Waals surface area contributed by atoms with Gasteiger partial charge in [0, 0.05) is 12.1 Å². The van der Waals surface area contributed by atoms with Crippen molar-refractivity contribution < 1.29 is 29.0 Å². The summed E-state index contributed by atoms with van der Waals surface area (Å²) in [6, 6.07) is 27.4. The molecule has 1 aliphatic heterocycles. The minimum atomic E-state index is -1.35. The number of piperidine rings is 1. The predicted molar refractivity (Wildman–Crippen MR) is 205 cm³/mol. The summed E-state index contributed by atoms with van der Waals surface area (Å²) in [7, 11) is 0. The summed E-state index contributed by atoms with van der Waals surface area (Å²) in [5.41, 5.74) is 7.15. The largest absolute Gasteiger partial charge is 0.488 e. The molecule has 0 radical (unpaired) electrons. The summed E-state index contributed by atoms with van der Waals surface area (Å²) >= 11 is 0. The molecular weight excluding hydrogens is 670 g/mol. The van der Waals surface area contributed by atoms with E-state index in [2.05, 4.69) is 16.0 Å². The van der Waals surface area contributed by atoms with Gasteiger partial charge in [-0.3, -0.25) is 24.1 Å². The Morgan fingerprint density at radius 2 is 1.49 bits per heavy atom. The van der Waals surface area contributed by atoms with E-state index in [4.69, 9.17) is 10.5 Å². The van der Waals surface area contributed by atoms with Gasteiger partial charge < -0.3 is 31.5 Å². The van der Waals surface area contributed by atoms with E-state index in [1.165, 1.54) is 0 Å². The van der Waals surface area contributed by atoms with E-state index < -0.39 is 53.9 Å². The molecule has 11 nitrogen and oxygen atoms in total. The molecule has 4 atom stereocenters. The number of ether oxygens (including phenoxy) is 1. The number of aliphatic hydroxyl groups excluding tert-OH is 1.